The normalized spacial score (nSPS) is 16.6. The van der Waals surface area contributed by atoms with Crippen molar-refractivity contribution in [1.82, 2.24) is 14.8 Å². The van der Waals surface area contributed by atoms with Gasteiger partial charge in [0.25, 0.3) is 0 Å². The Balaban J connectivity index is 1.46. The van der Waals surface area contributed by atoms with Gasteiger partial charge in [-0.05, 0) is 17.7 Å². The number of aliphatic hydroxyl groups is 1. The van der Waals surface area contributed by atoms with Crippen molar-refractivity contribution in [1.29, 1.82) is 0 Å². The van der Waals surface area contributed by atoms with Gasteiger partial charge < -0.3 is 15.3 Å². The molecule has 126 valence electrons. The number of nitrogens with one attached hydrogen (secondary N) is 1. The molecule has 0 bridgehead atoms. The molecular formula is C18H22N4O2. The summed E-state index contributed by atoms with van der Waals surface area (Å²) >= 11 is 0. The third kappa shape index (κ3) is 4.31. The van der Waals surface area contributed by atoms with Gasteiger partial charge in [0.15, 0.2) is 0 Å². The summed E-state index contributed by atoms with van der Waals surface area (Å²) < 4.78 is 0. The molecule has 2 aromatic rings. The van der Waals surface area contributed by atoms with Gasteiger partial charge in [-0.1, -0.05) is 30.3 Å². The van der Waals surface area contributed by atoms with E-state index in [4.69, 9.17) is 0 Å². The van der Waals surface area contributed by atoms with Gasteiger partial charge in [-0.15, -0.1) is 0 Å². The summed E-state index contributed by atoms with van der Waals surface area (Å²) in [5.74, 6) is 0. The number of pyridine rings is 1. The first-order valence-electron chi connectivity index (χ1n) is 8.14. The summed E-state index contributed by atoms with van der Waals surface area (Å²) in [6.07, 6.45) is 2.80. The standard InChI is InChI=1S/C18H22N4O2/c23-17(15-5-2-1-3-6-15)14-21-9-11-22(12-10-21)18(24)20-16-7-4-8-19-13-16/h1-8,13,17,23H,9-12,14H2,(H,20,24)/t17-/m1/s1. The molecule has 1 aliphatic heterocycles. The molecular weight excluding hydrogens is 304 g/mol. The molecule has 1 aliphatic rings. The van der Waals surface area contributed by atoms with Crippen LogP contribution in [0.3, 0.4) is 0 Å². The van der Waals surface area contributed by atoms with Crippen molar-refractivity contribution < 1.29 is 9.90 Å². The number of β-amino-alcohol motifs (C(OH)–C–C–N with tert-alkyl or cyclic N) is 1. The number of urea groups is 1. The number of nitrogens with zero attached hydrogens (tertiary/aromatic N) is 3. The van der Waals surface area contributed by atoms with Crippen LogP contribution in [-0.2, 0) is 0 Å². The van der Waals surface area contributed by atoms with E-state index >= 15 is 0 Å². The third-order valence-electron chi connectivity index (χ3n) is 4.19. The first kappa shape index (κ1) is 16.4. The lowest BCUT2D eigenvalue weighted by Gasteiger charge is -2.35. The average molecular weight is 326 g/mol. The molecule has 24 heavy (non-hydrogen) atoms. The van der Waals surface area contributed by atoms with Crippen LogP contribution in [0.5, 0.6) is 0 Å². The Morgan fingerprint density at radius 1 is 1.12 bits per heavy atom. The summed E-state index contributed by atoms with van der Waals surface area (Å²) in [5, 5.41) is 13.2. The van der Waals surface area contributed by atoms with Gasteiger partial charge in [0, 0.05) is 38.9 Å². The smallest absolute Gasteiger partial charge is 0.321 e. The number of hydrogen-bond acceptors (Lipinski definition) is 4. The van der Waals surface area contributed by atoms with Crippen LogP contribution in [0.15, 0.2) is 54.9 Å². The molecule has 3 rings (SSSR count). The molecule has 6 nitrogen and oxygen atoms in total. The lowest BCUT2D eigenvalue weighted by molar-refractivity contribution is 0.0831. The molecule has 1 atom stereocenters. The van der Waals surface area contributed by atoms with Crippen molar-refractivity contribution in [2.24, 2.45) is 0 Å². The number of hydrogen-bond donors (Lipinski definition) is 2. The number of rotatable bonds is 4. The monoisotopic (exact) mass is 326 g/mol. The summed E-state index contributed by atoms with van der Waals surface area (Å²) in [4.78, 5) is 20.2. The number of carbonyl (C=O) groups excluding carboxylic acids is 1. The second kappa shape index (κ2) is 7.90. The lowest BCUT2D eigenvalue weighted by Crippen LogP contribution is -2.50. The number of piperazine rings is 1. The topological polar surface area (TPSA) is 68.7 Å². The number of aliphatic hydroxyl groups excluding tert-OH is 1. The summed E-state index contributed by atoms with van der Waals surface area (Å²) in [6, 6.07) is 13.2. The number of aromatic nitrogens is 1. The van der Waals surface area contributed by atoms with Gasteiger partial charge in [-0.25, -0.2) is 4.79 Å². The van der Waals surface area contributed by atoms with Gasteiger partial charge in [0.05, 0.1) is 18.0 Å². The van der Waals surface area contributed by atoms with Gasteiger partial charge in [0.1, 0.15) is 0 Å². The second-order valence-corrected chi connectivity index (χ2v) is 5.89. The van der Waals surface area contributed by atoms with Crippen LogP contribution in [0.2, 0.25) is 0 Å². The van der Waals surface area contributed by atoms with E-state index in [0.29, 0.717) is 25.3 Å². The van der Waals surface area contributed by atoms with Crippen LogP contribution in [0.4, 0.5) is 10.5 Å². The molecule has 1 aromatic heterocycles. The SMILES string of the molecule is O=C(Nc1cccnc1)N1CCN(C[C@@H](O)c2ccccc2)CC1. The van der Waals surface area contributed by atoms with Gasteiger partial charge in [0.2, 0.25) is 0 Å². The zero-order valence-corrected chi connectivity index (χ0v) is 13.5. The van der Waals surface area contributed by atoms with Crippen LogP contribution >= 0.6 is 0 Å². The number of amides is 2. The van der Waals surface area contributed by atoms with Crippen molar-refractivity contribution in [2.45, 2.75) is 6.10 Å². The van der Waals surface area contributed by atoms with Crippen molar-refractivity contribution in [2.75, 3.05) is 38.0 Å². The fourth-order valence-corrected chi connectivity index (χ4v) is 2.80. The minimum absolute atomic E-state index is 0.105. The summed E-state index contributed by atoms with van der Waals surface area (Å²) in [5.41, 5.74) is 1.62. The highest BCUT2D eigenvalue weighted by molar-refractivity contribution is 5.89. The molecule has 2 amide bonds. The maximum Gasteiger partial charge on any atom is 0.321 e. The molecule has 2 heterocycles. The Morgan fingerprint density at radius 2 is 1.88 bits per heavy atom. The first-order chi connectivity index (χ1) is 11.7. The van der Waals surface area contributed by atoms with Crippen LogP contribution in [0.25, 0.3) is 0 Å². The maximum atomic E-state index is 12.2. The Labute approximate surface area is 141 Å². The largest absolute Gasteiger partial charge is 0.387 e. The number of carbonyl (C=O) groups is 1. The van der Waals surface area contributed by atoms with E-state index in [1.165, 1.54) is 0 Å². The molecule has 1 fully saturated rings. The highest BCUT2D eigenvalue weighted by atomic mass is 16.3. The van der Waals surface area contributed by atoms with E-state index in [9.17, 15) is 9.90 Å². The predicted molar refractivity (Wildman–Crippen MR) is 92.7 cm³/mol. The zero-order valence-electron chi connectivity index (χ0n) is 13.5. The molecule has 2 N–H and O–H groups in total. The van der Waals surface area contributed by atoms with E-state index in [0.717, 1.165) is 18.7 Å². The van der Waals surface area contributed by atoms with Crippen molar-refractivity contribution in [3.8, 4) is 0 Å². The fraction of sp³-hybridized carbons (Fsp3) is 0.333. The molecule has 0 unspecified atom stereocenters. The van der Waals surface area contributed by atoms with E-state index < -0.39 is 6.10 Å². The van der Waals surface area contributed by atoms with Crippen LogP contribution in [0, 0.1) is 0 Å². The Kier molecular flexibility index (Phi) is 5.40. The molecule has 0 aliphatic carbocycles. The van der Waals surface area contributed by atoms with E-state index in [1.807, 2.05) is 36.4 Å². The average Bonchev–Trinajstić information content (AvgIpc) is 2.64. The van der Waals surface area contributed by atoms with Crippen LogP contribution in [0.1, 0.15) is 11.7 Å². The highest BCUT2D eigenvalue weighted by Crippen LogP contribution is 2.15. The Bertz CT molecular complexity index is 643. The second-order valence-electron chi connectivity index (χ2n) is 5.89. The molecule has 0 saturated carbocycles. The first-order valence-corrected chi connectivity index (χ1v) is 8.14. The van der Waals surface area contributed by atoms with Gasteiger partial charge >= 0.3 is 6.03 Å². The van der Waals surface area contributed by atoms with Gasteiger partial charge in [-0.2, -0.15) is 0 Å². The van der Waals surface area contributed by atoms with E-state index in [2.05, 4.69) is 15.2 Å². The minimum atomic E-state index is -0.498. The highest BCUT2D eigenvalue weighted by Gasteiger charge is 2.23. The van der Waals surface area contributed by atoms with Crippen molar-refractivity contribution >= 4 is 11.7 Å². The molecule has 0 radical (unpaired) electrons. The molecule has 1 saturated heterocycles. The number of anilines is 1. The quantitative estimate of drug-likeness (QED) is 0.901. The predicted octanol–water partition coefficient (Wildman–Crippen LogP) is 1.96. The van der Waals surface area contributed by atoms with Crippen molar-refractivity contribution in [3.05, 3.63) is 60.4 Å². The third-order valence-corrected chi connectivity index (χ3v) is 4.19. The van der Waals surface area contributed by atoms with Crippen molar-refractivity contribution in [3.63, 3.8) is 0 Å². The molecule has 0 spiro atoms. The van der Waals surface area contributed by atoms with E-state index in [1.54, 1.807) is 23.4 Å². The fourth-order valence-electron chi connectivity index (χ4n) is 2.80. The van der Waals surface area contributed by atoms with Crippen LogP contribution < -0.4 is 5.32 Å². The molecule has 1 aromatic carbocycles. The Hall–Kier alpha value is -2.44. The summed E-state index contributed by atoms with van der Waals surface area (Å²) in [6.45, 7) is 3.39. The van der Waals surface area contributed by atoms with Gasteiger partial charge in [-0.3, -0.25) is 9.88 Å². The number of benzene rings is 1. The Morgan fingerprint density at radius 3 is 2.54 bits per heavy atom. The summed E-state index contributed by atoms with van der Waals surface area (Å²) in [7, 11) is 0. The lowest BCUT2D eigenvalue weighted by atomic mass is 10.1. The zero-order chi connectivity index (χ0) is 16.8. The maximum absolute atomic E-state index is 12.2. The van der Waals surface area contributed by atoms with Crippen LogP contribution in [-0.4, -0.2) is 58.6 Å². The molecule has 6 heteroatoms. The van der Waals surface area contributed by atoms with E-state index in [-0.39, 0.29) is 6.03 Å². The minimum Gasteiger partial charge on any atom is -0.387 e.